The molecule has 4 nitrogen and oxygen atoms in total. The predicted molar refractivity (Wildman–Crippen MR) is 98.3 cm³/mol. The first-order chi connectivity index (χ1) is 12.0. The predicted octanol–water partition coefficient (Wildman–Crippen LogP) is 3.94. The highest BCUT2D eigenvalue weighted by Crippen LogP contribution is 2.29. The first kappa shape index (κ1) is 17.5. The number of nitrogens with one attached hydrogen (secondary N) is 1. The van der Waals surface area contributed by atoms with Crippen molar-refractivity contribution in [3.63, 3.8) is 0 Å². The zero-order valence-corrected chi connectivity index (χ0v) is 14.8. The lowest BCUT2D eigenvalue weighted by atomic mass is 9.78. The number of carbonyl (C=O) groups is 2. The number of fused-ring (bicyclic) bond motifs is 1. The number of ether oxygens (including phenoxy) is 1. The van der Waals surface area contributed by atoms with Crippen LogP contribution < -0.4 is 5.32 Å². The Morgan fingerprint density at radius 3 is 2.64 bits per heavy atom. The molecule has 25 heavy (non-hydrogen) atoms. The molecule has 3 atom stereocenters. The molecule has 1 amide bonds. The van der Waals surface area contributed by atoms with Gasteiger partial charge in [-0.15, -0.1) is 0 Å². The summed E-state index contributed by atoms with van der Waals surface area (Å²) in [6, 6.07) is 13.4. The van der Waals surface area contributed by atoms with Gasteiger partial charge in [0.05, 0.1) is 5.56 Å². The molecular weight excluding hydrogens is 314 g/mol. The molecule has 0 aromatic heterocycles. The maximum atomic E-state index is 12.2. The van der Waals surface area contributed by atoms with E-state index in [9.17, 15) is 9.59 Å². The van der Waals surface area contributed by atoms with Gasteiger partial charge in [-0.25, -0.2) is 4.79 Å². The van der Waals surface area contributed by atoms with E-state index in [1.807, 2.05) is 30.3 Å². The number of esters is 1. The van der Waals surface area contributed by atoms with Crippen molar-refractivity contribution in [3.05, 3.63) is 48.0 Å². The highest BCUT2D eigenvalue weighted by Gasteiger charge is 2.28. The number of hydrogen-bond donors (Lipinski definition) is 1. The summed E-state index contributed by atoms with van der Waals surface area (Å²) in [6.45, 7) is 4.17. The average Bonchev–Trinajstić information content (AvgIpc) is 2.63. The second-order valence-corrected chi connectivity index (χ2v) is 7.08. The summed E-state index contributed by atoms with van der Waals surface area (Å²) < 4.78 is 5.19. The van der Waals surface area contributed by atoms with Crippen LogP contribution in [0, 0.1) is 11.8 Å². The van der Waals surface area contributed by atoms with E-state index in [1.165, 1.54) is 6.42 Å². The summed E-state index contributed by atoms with van der Waals surface area (Å²) in [5, 5.41) is 5.06. The lowest BCUT2D eigenvalue weighted by molar-refractivity contribution is -0.125. The van der Waals surface area contributed by atoms with Gasteiger partial charge in [-0.3, -0.25) is 4.79 Å². The lowest BCUT2D eigenvalue weighted by Crippen LogP contribution is -2.45. The van der Waals surface area contributed by atoms with Crippen LogP contribution in [0.2, 0.25) is 0 Å². The minimum atomic E-state index is -0.467. The maximum Gasteiger partial charge on any atom is 0.338 e. The van der Waals surface area contributed by atoms with Gasteiger partial charge >= 0.3 is 5.97 Å². The normalized spacial score (nSPS) is 23.2. The summed E-state index contributed by atoms with van der Waals surface area (Å²) in [5.74, 6) is 0.374. The van der Waals surface area contributed by atoms with Gasteiger partial charge in [-0.05, 0) is 41.2 Å². The van der Waals surface area contributed by atoms with Crippen LogP contribution in [0.25, 0.3) is 10.8 Å². The van der Waals surface area contributed by atoms with Gasteiger partial charge in [0.1, 0.15) is 0 Å². The fourth-order valence-corrected chi connectivity index (χ4v) is 3.56. The summed E-state index contributed by atoms with van der Waals surface area (Å²) >= 11 is 0. The van der Waals surface area contributed by atoms with Crippen molar-refractivity contribution < 1.29 is 14.3 Å². The Morgan fingerprint density at radius 2 is 1.84 bits per heavy atom. The largest absolute Gasteiger partial charge is 0.452 e. The summed E-state index contributed by atoms with van der Waals surface area (Å²) in [5.41, 5.74) is 0.464. The minimum absolute atomic E-state index is 0.177. The molecule has 3 rings (SSSR count). The van der Waals surface area contributed by atoms with Gasteiger partial charge in [-0.1, -0.05) is 57.0 Å². The molecule has 0 radical (unpaired) electrons. The number of rotatable bonds is 4. The van der Waals surface area contributed by atoms with Gasteiger partial charge in [0.25, 0.3) is 5.91 Å². The van der Waals surface area contributed by atoms with Crippen molar-refractivity contribution in [2.45, 2.75) is 39.2 Å². The van der Waals surface area contributed by atoms with E-state index in [4.69, 9.17) is 4.74 Å². The SMILES string of the molecule is C[C@@H]1[C@H](C)CCC[C@@H]1NC(=O)COC(=O)c1ccc2ccccc2c1. The van der Waals surface area contributed by atoms with Gasteiger partial charge in [0.2, 0.25) is 0 Å². The van der Waals surface area contributed by atoms with Crippen LogP contribution in [0.4, 0.5) is 0 Å². The Bertz CT molecular complexity index is 771. The van der Waals surface area contributed by atoms with Crippen LogP contribution in [0.3, 0.4) is 0 Å². The smallest absolute Gasteiger partial charge is 0.338 e. The van der Waals surface area contributed by atoms with Crippen molar-refractivity contribution in [1.29, 1.82) is 0 Å². The average molecular weight is 339 g/mol. The summed E-state index contributed by atoms with van der Waals surface area (Å²) in [4.78, 5) is 24.3. The Labute approximate surface area is 148 Å². The molecule has 0 saturated heterocycles. The fourth-order valence-electron chi connectivity index (χ4n) is 3.56. The molecule has 4 heteroatoms. The topological polar surface area (TPSA) is 55.4 Å². The van der Waals surface area contributed by atoms with E-state index in [0.717, 1.165) is 23.6 Å². The number of benzene rings is 2. The molecule has 0 spiro atoms. The minimum Gasteiger partial charge on any atom is -0.452 e. The van der Waals surface area contributed by atoms with Crippen LogP contribution >= 0.6 is 0 Å². The first-order valence-electron chi connectivity index (χ1n) is 9.00. The van der Waals surface area contributed by atoms with Crippen molar-refractivity contribution in [1.82, 2.24) is 5.32 Å². The third-order valence-electron chi connectivity index (χ3n) is 5.37. The van der Waals surface area contributed by atoms with Crippen LogP contribution in [0.1, 0.15) is 43.5 Å². The monoisotopic (exact) mass is 339 g/mol. The van der Waals surface area contributed by atoms with E-state index in [1.54, 1.807) is 12.1 Å². The highest BCUT2D eigenvalue weighted by molar-refractivity contribution is 5.96. The third kappa shape index (κ3) is 4.19. The molecule has 2 aromatic rings. The highest BCUT2D eigenvalue weighted by atomic mass is 16.5. The first-order valence-corrected chi connectivity index (χ1v) is 9.00. The Balaban J connectivity index is 1.55. The molecule has 1 saturated carbocycles. The number of amides is 1. The quantitative estimate of drug-likeness (QED) is 0.859. The standard InChI is InChI=1S/C21H25NO3/c1-14-6-5-9-19(15(14)2)22-20(23)13-25-21(24)18-11-10-16-7-3-4-8-17(16)12-18/h3-4,7-8,10-12,14-15,19H,5-6,9,13H2,1-2H3,(H,22,23)/t14-,15-,19+/m1/s1. The Hall–Kier alpha value is -2.36. The molecule has 0 heterocycles. The molecule has 132 valence electrons. The zero-order valence-electron chi connectivity index (χ0n) is 14.8. The molecular formula is C21H25NO3. The molecule has 0 unspecified atom stereocenters. The summed E-state index contributed by atoms with van der Waals surface area (Å²) in [6.07, 6.45) is 3.34. The van der Waals surface area contributed by atoms with Gasteiger partial charge in [0, 0.05) is 6.04 Å². The van der Waals surface area contributed by atoms with Crippen LogP contribution in [-0.2, 0) is 9.53 Å². The number of carbonyl (C=O) groups excluding carboxylic acids is 2. The van der Waals surface area contributed by atoms with E-state index >= 15 is 0 Å². The van der Waals surface area contributed by atoms with Crippen molar-refractivity contribution in [3.8, 4) is 0 Å². The second-order valence-electron chi connectivity index (χ2n) is 7.08. The maximum absolute atomic E-state index is 12.2. The van der Waals surface area contributed by atoms with E-state index in [2.05, 4.69) is 19.2 Å². The molecule has 0 aliphatic heterocycles. The van der Waals surface area contributed by atoms with Crippen molar-refractivity contribution in [2.24, 2.45) is 11.8 Å². The third-order valence-corrected chi connectivity index (χ3v) is 5.37. The fraction of sp³-hybridized carbons (Fsp3) is 0.429. The summed E-state index contributed by atoms with van der Waals surface area (Å²) in [7, 11) is 0. The van der Waals surface area contributed by atoms with E-state index in [-0.39, 0.29) is 18.6 Å². The molecule has 0 bridgehead atoms. The van der Waals surface area contributed by atoms with Crippen LogP contribution in [-0.4, -0.2) is 24.5 Å². The molecule has 1 aliphatic carbocycles. The number of hydrogen-bond acceptors (Lipinski definition) is 3. The zero-order chi connectivity index (χ0) is 17.8. The van der Waals surface area contributed by atoms with Crippen LogP contribution in [0.15, 0.2) is 42.5 Å². The van der Waals surface area contributed by atoms with Crippen LogP contribution in [0.5, 0.6) is 0 Å². The molecule has 1 fully saturated rings. The molecule has 2 aromatic carbocycles. The van der Waals surface area contributed by atoms with E-state index < -0.39 is 5.97 Å². The van der Waals surface area contributed by atoms with Crippen molar-refractivity contribution in [2.75, 3.05) is 6.61 Å². The van der Waals surface area contributed by atoms with Crippen molar-refractivity contribution >= 4 is 22.6 Å². The lowest BCUT2D eigenvalue weighted by Gasteiger charge is -2.34. The second kappa shape index (κ2) is 7.68. The van der Waals surface area contributed by atoms with Gasteiger partial charge in [0.15, 0.2) is 6.61 Å². The Kier molecular flexibility index (Phi) is 5.37. The van der Waals surface area contributed by atoms with Gasteiger partial charge in [-0.2, -0.15) is 0 Å². The van der Waals surface area contributed by atoms with E-state index in [0.29, 0.717) is 17.4 Å². The molecule has 1 aliphatic rings. The molecule has 1 N–H and O–H groups in total. The van der Waals surface area contributed by atoms with Gasteiger partial charge < -0.3 is 10.1 Å². The Morgan fingerprint density at radius 1 is 1.08 bits per heavy atom.